The number of hydrogen-bond acceptors (Lipinski definition) is 6. The molecule has 0 bridgehead atoms. The fourth-order valence-electron chi connectivity index (χ4n) is 4.16. The topological polar surface area (TPSA) is 84.7 Å². The van der Waals surface area contributed by atoms with E-state index in [1.165, 1.54) is 4.90 Å². The van der Waals surface area contributed by atoms with Crippen LogP contribution >= 0.6 is 0 Å². The fourth-order valence-corrected chi connectivity index (χ4v) is 5.87. The molecule has 0 aliphatic carbocycles. The van der Waals surface area contributed by atoms with Crippen molar-refractivity contribution in [3.05, 3.63) is 24.0 Å². The molecule has 1 aromatic heterocycles. The van der Waals surface area contributed by atoms with Gasteiger partial charge in [-0.25, -0.2) is 18.2 Å². The molecule has 2 aromatic rings. The molecule has 1 saturated heterocycles. The van der Waals surface area contributed by atoms with Crippen molar-refractivity contribution in [3.63, 3.8) is 0 Å². The van der Waals surface area contributed by atoms with Crippen LogP contribution in [-0.4, -0.2) is 78.4 Å². The molecule has 0 radical (unpaired) electrons. The highest BCUT2D eigenvalue weighted by Gasteiger charge is 2.38. The van der Waals surface area contributed by atoms with Crippen LogP contribution in [0.15, 0.2) is 23.1 Å². The number of likely N-dealkylation sites (N-methyl/N-ethyl adjacent to an activating group) is 1. The Kier molecular flexibility index (Phi) is 7.39. The number of aromatic nitrogens is 2. The van der Waals surface area contributed by atoms with Gasteiger partial charge in [-0.1, -0.05) is 20.8 Å². The minimum Gasteiger partial charge on any atom is -0.444 e. The third-order valence-corrected chi connectivity index (χ3v) is 8.00. The number of carbonyl (C=O) groups excluding carboxylic acids is 1. The summed E-state index contributed by atoms with van der Waals surface area (Å²) in [6.45, 7) is 14.1. The van der Waals surface area contributed by atoms with Crippen molar-refractivity contribution in [1.82, 2.24) is 19.4 Å². The van der Waals surface area contributed by atoms with Crippen molar-refractivity contribution in [2.75, 3.05) is 33.7 Å². The lowest BCUT2D eigenvalue weighted by molar-refractivity contribution is 0.0295. The quantitative estimate of drug-likeness (QED) is 0.607. The van der Waals surface area contributed by atoms with Gasteiger partial charge in [-0.2, -0.15) is 0 Å². The van der Waals surface area contributed by atoms with E-state index in [2.05, 4.69) is 30.2 Å². The standard InChI is InChI=1S/C25H40N4O4S/c1-24(2,3)16-22-26-20-15-18(9-10-21(20)29(22)14-13-27(7)8)34(31,32)19-11-12-28(17-19)23(30)33-25(4,5)6/h9-10,15,19H,11-14,16-17H2,1-8H3. The number of hydrogen-bond donors (Lipinski definition) is 0. The van der Waals surface area contributed by atoms with Crippen LogP contribution in [0, 0.1) is 5.41 Å². The highest BCUT2D eigenvalue weighted by atomic mass is 32.2. The summed E-state index contributed by atoms with van der Waals surface area (Å²) in [6, 6.07) is 5.25. The maximum atomic E-state index is 13.4. The second kappa shape index (κ2) is 9.49. The molecule has 1 aliphatic heterocycles. The molecule has 8 nitrogen and oxygen atoms in total. The molecular weight excluding hydrogens is 452 g/mol. The average Bonchev–Trinajstić information content (AvgIpc) is 3.28. The molecule has 1 fully saturated rings. The van der Waals surface area contributed by atoms with E-state index in [4.69, 9.17) is 9.72 Å². The van der Waals surface area contributed by atoms with E-state index < -0.39 is 26.8 Å². The Hall–Kier alpha value is -2.13. The molecular formula is C25H40N4O4S. The molecule has 1 unspecified atom stereocenters. The third kappa shape index (κ3) is 6.30. The van der Waals surface area contributed by atoms with Crippen LogP contribution < -0.4 is 0 Å². The number of benzene rings is 1. The molecule has 3 rings (SSSR count). The molecule has 1 aromatic carbocycles. The Bertz CT molecular complexity index is 1140. The van der Waals surface area contributed by atoms with Crippen molar-refractivity contribution in [2.24, 2.45) is 5.41 Å². The van der Waals surface area contributed by atoms with Crippen molar-refractivity contribution in [3.8, 4) is 0 Å². The van der Waals surface area contributed by atoms with Crippen LogP contribution in [0.4, 0.5) is 4.79 Å². The van der Waals surface area contributed by atoms with Crippen molar-refractivity contribution >= 4 is 27.0 Å². The molecule has 190 valence electrons. The average molecular weight is 493 g/mol. The lowest BCUT2D eigenvalue weighted by atomic mass is 9.92. The summed E-state index contributed by atoms with van der Waals surface area (Å²) in [5, 5.41) is -0.651. The minimum atomic E-state index is -3.61. The Balaban J connectivity index is 1.89. The molecule has 2 heterocycles. The van der Waals surface area contributed by atoms with Crippen molar-refractivity contribution in [1.29, 1.82) is 0 Å². The number of sulfone groups is 1. The molecule has 0 N–H and O–H groups in total. The first kappa shape index (κ1) is 26.5. The summed E-state index contributed by atoms with van der Waals surface area (Å²) in [6.07, 6.45) is 0.726. The molecule has 9 heteroatoms. The maximum absolute atomic E-state index is 13.4. The van der Waals surface area contributed by atoms with E-state index in [0.717, 1.165) is 30.9 Å². The van der Waals surface area contributed by atoms with Crippen molar-refractivity contribution < 1.29 is 17.9 Å². The zero-order valence-corrected chi connectivity index (χ0v) is 22.7. The van der Waals surface area contributed by atoms with Gasteiger partial charge in [-0.05, 0) is 64.9 Å². The minimum absolute atomic E-state index is 0.0567. The fraction of sp³-hybridized carbons (Fsp3) is 0.680. The number of amides is 1. The van der Waals surface area contributed by atoms with Crippen LogP contribution in [0.2, 0.25) is 0 Å². The summed E-state index contributed by atoms with van der Waals surface area (Å²) in [7, 11) is 0.463. The Morgan fingerprint density at radius 1 is 1.18 bits per heavy atom. The zero-order valence-electron chi connectivity index (χ0n) is 21.9. The largest absolute Gasteiger partial charge is 0.444 e. The van der Waals surface area contributed by atoms with Crippen LogP contribution in [0.5, 0.6) is 0 Å². The summed E-state index contributed by atoms with van der Waals surface area (Å²) in [5.41, 5.74) is 1.08. The number of nitrogens with zero attached hydrogens (tertiary/aromatic N) is 4. The van der Waals surface area contributed by atoms with Crippen LogP contribution in [0.25, 0.3) is 11.0 Å². The highest BCUT2D eigenvalue weighted by Crippen LogP contribution is 2.29. The number of carbonyl (C=O) groups is 1. The lowest BCUT2D eigenvalue weighted by Crippen LogP contribution is -2.36. The molecule has 0 spiro atoms. The summed E-state index contributed by atoms with van der Waals surface area (Å²) in [4.78, 5) is 21.1. The van der Waals surface area contributed by atoms with Gasteiger partial charge in [0.1, 0.15) is 11.4 Å². The number of ether oxygens (including phenoxy) is 1. The van der Waals surface area contributed by atoms with Gasteiger partial charge >= 0.3 is 6.09 Å². The zero-order chi connectivity index (χ0) is 25.5. The van der Waals surface area contributed by atoms with Gasteiger partial charge in [0, 0.05) is 32.6 Å². The predicted molar refractivity (Wildman–Crippen MR) is 135 cm³/mol. The van der Waals surface area contributed by atoms with E-state index in [1.807, 2.05) is 20.2 Å². The van der Waals surface area contributed by atoms with Gasteiger partial charge in [0.15, 0.2) is 9.84 Å². The van der Waals surface area contributed by atoms with Crippen molar-refractivity contribution in [2.45, 2.75) is 76.7 Å². The number of likely N-dealkylation sites (tertiary alicyclic amines) is 1. The lowest BCUT2D eigenvalue weighted by Gasteiger charge is -2.24. The monoisotopic (exact) mass is 492 g/mol. The van der Waals surface area contributed by atoms with Crippen LogP contribution in [-0.2, 0) is 27.5 Å². The smallest absolute Gasteiger partial charge is 0.410 e. The summed E-state index contributed by atoms with van der Waals surface area (Å²) in [5.74, 6) is 0.968. The third-order valence-electron chi connectivity index (χ3n) is 5.82. The van der Waals surface area contributed by atoms with Gasteiger partial charge < -0.3 is 19.1 Å². The van der Waals surface area contributed by atoms with E-state index in [1.54, 1.807) is 32.9 Å². The molecule has 0 saturated carbocycles. The Labute approximate surface area is 204 Å². The first-order valence-corrected chi connectivity index (χ1v) is 13.5. The first-order valence-electron chi connectivity index (χ1n) is 11.9. The molecule has 1 amide bonds. The highest BCUT2D eigenvalue weighted by molar-refractivity contribution is 7.92. The van der Waals surface area contributed by atoms with E-state index in [9.17, 15) is 13.2 Å². The van der Waals surface area contributed by atoms with E-state index in [0.29, 0.717) is 18.5 Å². The Morgan fingerprint density at radius 3 is 2.44 bits per heavy atom. The van der Waals surface area contributed by atoms with Gasteiger partial charge in [-0.15, -0.1) is 0 Å². The van der Waals surface area contributed by atoms with E-state index in [-0.39, 0.29) is 16.9 Å². The maximum Gasteiger partial charge on any atom is 0.410 e. The molecule has 1 atom stereocenters. The number of fused-ring (bicyclic) bond motifs is 1. The normalized spacial score (nSPS) is 17.7. The second-order valence-electron chi connectivity index (χ2n) is 11.8. The summed E-state index contributed by atoms with van der Waals surface area (Å²) < 4.78 is 34.5. The Morgan fingerprint density at radius 2 is 1.85 bits per heavy atom. The SMILES string of the molecule is CN(C)CCn1c(CC(C)(C)C)nc2cc(S(=O)(=O)C3CCN(C(=O)OC(C)(C)C)C3)ccc21. The molecule has 34 heavy (non-hydrogen) atoms. The van der Waals surface area contributed by atoms with Crippen LogP contribution in [0.3, 0.4) is 0 Å². The van der Waals surface area contributed by atoms with Gasteiger partial charge in [0.2, 0.25) is 0 Å². The first-order chi connectivity index (χ1) is 15.6. The summed E-state index contributed by atoms with van der Waals surface area (Å²) >= 11 is 0. The second-order valence-corrected chi connectivity index (χ2v) is 14.0. The van der Waals surface area contributed by atoms with Gasteiger partial charge in [-0.3, -0.25) is 0 Å². The van der Waals surface area contributed by atoms with Gasteiger partial charge in [0.25, 0.3) is 0 Å². The van der Waals surface area contributed by atoms with Gasteiger partial charge in [0.05, 0.1) is 21.2 Å². The number of rotatable bonds is 6. The number of imidazole rings is 1. The predicted octanol–water partition coefficient (Wildman–Crippen LogP) is 3.97. The van der Waals surface area contributed by atoms with E-state index >= 15 is 0 Å². The van der Waals surface area contributed by atoms with Crippen LogP contribution in [0.1, 0.15) is 53.8 Å². The molecule has 1 aliphatic rings.